The normalized spacial score (nSPS) is 19.3. The molecule has 1 saturated heterocycles. The number of amides is 1. The molecule has 0 atom stereocenters. The lowest BCUT2D eigenvalue weighted by molar-refractivity contribution is 0.0666. The maximum absolute atomic E-state index is 13.3. The zero-order chi connectivity index (χ0) is 20.0. The number of aromatic nitrogens is 1. The van der Waals surface area contributed by atoms with Crippen LogP contribution in [0.5, 0.6) is 0 Å². The number of hydrogen-bond acceptors (Lipinski definition) is 2. The zero-order valence-corrected chi connectivity index (χ0v) is 17.4. The maximum atomic E-state index is 13.3. The molecule has 5 rings (SSSR count). The van der Waals surface area contributed by atoms with Gasteiger partial charge in [-0.3, -0.25) is 4.79 Å². The Morgan fingerprint density at radius 1 is 1.00 bits per heavy atom. The first-order valence-electron chi connectivity index (χ1n) is 10.7. The standard InChI is InChI=1S/C25H29N3O/c1-18-7-9-19(10-8-18)25(11-4-12-25)22-17-26-23-20(22)5-3-6-21(23)24(29)28-15-13-27(2)14-16-28/h3,5-10,17,26H,4,11-16H2,1-2H3. The van der Waals surface area contributed by atoms with Crippen molar-refractivity contribution in [1.29, 1.82) is 0 Å². The van der Waals surface area contributed by atoms with Crippen molar-refractivity contribution in [2.24, 2.45) is 0 Å². The summed E-state index contributed by atoms with van der Waals surface area (Å²) in [6.45, 7) is 5.61. The van der Waals surface area contributed by atoms with E-state index in [9.17, 15) is 4.79 Å². The Kier molecular flexibility index (Phi) is 4.47. The number of nitrogens with zero attached hydrogens (tertiary/aromatic N) is 2. The van der Waals surface area contributed by atoms with Crippen LogP contribution in [0.25, 0.3) is 10.9 Å². The molecule has 2 heterocycles. The zero-order valence-electron chi connectivity index (χ0n) is 17.4. The van der Waals surface area contributed by atoms with Crippen LogP contribution < -0.4 is 0 Å². The second-order valence-electron chi connectivity index (χ2n) is 8.83. The number of para-hydroxylation sites is 1. The Labute approximate surface area is 172 Å². The third-order valence-electron chi connectivity index (χ3n) is 7.06. The van der Waals surface area contributed by atoms with Crippen LogP contribution in [-0.2, 0) is 5.41 Å². The summed E-state index contributed by atoms with van der Waals surface area (Å²) < 4.78 is 0. The molecule has 0 spiro atoms. The van der Waals surface area contributed by atoms with E-state index in [0.717, 1.165) is 37.3 Å². The van der Waals surface area contributed by atoms with Gasteiger partial charge in [0.1, 0.15) is 0 Å². The topological polar surface area (TPSA) is 39.3 Å². The summed E-state index contributed by atoms with van der Waals surface area (Å²) in [6.07, 6.45) is 5.74. The van der Waals surface area contributed by atoms with Crippen molar-refractivity contribution in [3.05, 3.63) is 70.9 Å². The van der Waals surface area contributed by atoms with Crippen molar-refractivity contribution in [3.8, 4) is 0 Å². The molecular weight excluding hydrogens is 358 g/mol. The molecule has 4 heteroatoms. The Bertz CT molecular complexity index is 1040. The van der Waals surface area contributed by atoms with Crippen LogP contribution in [0.15, 0.2) is 48.7 Å². The molecule has 1 aromatic heterocycles. The van der Waals surface area contributed by atoms with Crippen molar-refractivity contribution in [3.63, 3.8) is 0 Å². The van der Waals surface area contributed by atoms with Crippen molar-refractivity contribution in [1.82, 2.24) is 14.8 Å². The van der Waals surface area contributed by atoms with Gasteiger partial charge in [0.15, 0.2) is 0 Å². The summed E-state index contributed by atoms with van der Waals surface area (Å²) in [5.74, 6) is 0.148. The summed E-state index contributed by atoms with van der Waals surface area (Å²) in [7, 11) is 2.11. The predicted molar refractivity (Wildman–Crippen MR) is 118 cm³/mol. The van der Waals surface area contributed by atoms with Gasteiger partial charge in [-0.2, -0.15) is 0 Å². The largest absolute Gasteiger partial charge is 0.360 e. The molecule has 29 heavy (non-hydrogen) atoms. The van der Waals surface area contributed by atoms with Crippen molar-refractivity contribution >= 4 is 16.8 Å². The van der Waals surface area contributed by atoms with Gasteiger partial charge in [0.05, 0.1) is 11.1 Å². The molecular formula is C25H29N3O. The number of H-pyrrole nitrogens is 1. The van der Waals surface area contributed by atoms with Gasteiger partial charge < -0.3 is 14.8 Å². The van der Waals surface area contributed by atoms with Gasteiger partial charge in [0, 0.05) is 43.2 Å². The van der Waals surface area contributed by atoms with E-state index in [1.807, 2.05) is 17.0 Å². The molecule has 2 aliphatic rings. The third-order valence-corrected chi connectivity index (χ3v) is 7.06. The molecule has 4 nitrogen and oxygen atoms in total. The monoisotopic (exact) mass is 387 g/mol. The average molecular weight is 388 g/mol. The lowest BCUT2D eigenvalue weighted by atomic mass is 9.60. The summed E-state index contributed by atoms with van der Waals surface area (Å²) >= 11 is 0. The van der Waals surface area contributed by atoms with E-state index in [2.05, 4.69) is 60.4 Å². The molecule has 0 radical (unpaired) electrons. The highest BCUT2D eigenvalue weighted by atomic mass is 16.2. The van der Waals surface area contributed by atoms with Gasteiger partial charge in [-0.15, -0.1) is 0 Å². The molecule has 1 aliphatic carbocycles. The van der Waals surface area contributed by atoms with Gasteiger partial charge in [-0.1, -0.05) is 48.4 Å². The average Bonchev–Trinajstić information content (AvgIpc) is 3.13. The highest BCUT2D eigenvalue weighted by Gasteiger charge is 2.42. The Hall–Kier alpha value is -2.59. The fraction of sp³-hybridized carbons (Fsp3) is 0.400. The molecule has 3 aromatic rings. The number of piperazine rings is 1. The predicted octanol–water partition coefficient (Wildman–Crippen LogP) is 4.33. The summed E-state index contributed by atoms with van der Waals surface area (Å²) in [5.41, 5.74) is 5.90. The van der Waals surface area contributed by atoms with E-state index < -0.39 is 0 Å². The molecule has 1 saturated carbocycles. The minimum atomic E-state index is 0.0709. The smallest absolute Gasteiger partial charge is 0.256 e. The number of aryl methyl sites for hydroxylation is 1. The van der Waals surface area contributed by atoms with E-state index in [1.54, 1.807) is 0 Å². The number of likely N-dealkylation sites (N-methyl/N-ethyl adjacent to an activating group) is 1. The minimum Gasteiger partial charge on any atom is -0.360 e. The maximum Gasteiger partial charge on any atom is 0.256 e. The highest BCUT2D eigenvalue weighted by molar-refractivity contribution is 6.06. The van der Waals surface area contributed by atoms with E-state index in [4.69, 9.17) is 0 Å². The quantitative estimate of drug-likeness (QED) is 0.726. The fourth-order valence-electron chi connectivity index (χ4n) is 5.02. The number of rotatable bonds is 3. The van der Waals surface area contributed by atoms with E-state index in [-0.39, 0.29) is 11.3 Å². The van der Waals surface area contributed by atoms with Crippen molar-refractivity contribution in [2.45, 2.75) is 31.6 Å². The first-order valence-corrected chi connectivity index (χ1v) is 10.7. The Morgan fingerprint density at radius 3 is 2.38 bits per heavy atom. The number of aromatic amines is 1. The second-order valence-corrected chi connectivity index (χ2v) is 8.83. The molecule has 2 fully saturated rings. The van der Waals surface area contributed by atoms with Gasteiger partial charge in [-0.05, 0) is 44.0 Å². The molecule has 0 bridgehead atoms. The second kappa shape index (κ2) is 7.03. The Morgan fingerprint density at radius 2 is 1.72 bits per heavy atom. The summed E-state index contributed by atoms with van der Waals surface area (Å²) in [4.78, 5) is 21.0. The number of hydrogen-bond donors (Lipinski definition) is 1. The van der Waals surface area contributed by atoms with Crippen LogP contribution in [0.3, 0.4) is 0 Å². The molecule has 1 N–H and O–H groups in total. The van der Waals surface area contributed by atoms with E-state index >= 15 is 0 Å². The minimum absolute atomic E-state index is 0.0709. The van der Waals surface area contributed by atoms with Crippen LogP contribution >= 0.6 is 0 Å². The first kappa shape index (κ1) is 18.4. The van der Waals surface area contributed by atoms with Crippen LogP contribution in [0, 0.1) is 6.92 Å². The van der Waals surface area contributed by atoms with Crippen LogP contribution in [-0.4, -0.2) is 53.9 Å². The lowest BCUT2D eigenvalue weighted by Crippen LogP contribution is -2.47. The van der Waals surface area contributed by atoms with Crippen molar-refractivity contribution in [2.75, 3.05) is 33.2 Å². The van der Waals surface area contributed by atoms with Gasteiger partial charge >= 0.3 is 0 Å². The summed E-state index contributed by atoms with van der Waals surface area (Å²) in [5, 5.41) is 1.20. The molecule has 1 amide bonds. The van der Waals surface area contributed by atoms with Gasteiger partial charge in [0.25, 0.3) is 5.91 Å². The molecule has 0 unspecified atom stereocenters. The van der Waals surface area contributed by atoms with E-state index in [0.29, 0.717) is 0 Å². The number of nitrogens with one attached hydrogen (secondary N) is 1. The highest BCUT2D eigenvalue weighted by Crippen LogP contribution is 2.51. The van der Waals surface area contributed by atoms with Crippen LogP contribution in [0.1, 0.15) is 46.3 Å². The number of benzene rings is 2. The van der Waals surface area contributed by atoms with Crippen LogP contribution in [0.2, 0.25) is 0 Å². The van der Waals surface area contributed by atoms with Crippen LogP contribution in [0.4, 0.5) is 0 Å². The van der Waals surface area contributed by atoms with Gasteiger partial charge in [0.2, 0.25) is 0 Å². The number of carbonyl (C=O) groups excluding carboxylic acids is 1. The first-order chi connectivity index (χ1) is 14.1. The fourth-order valence-corrected chi connectivity index (χ4v) is 5.02. The van der Waals surface area contributed by atoms with E-state index in [1.165, 1.54) is 41.3 Å². The lowest BCUT2D eigenvalue weighted by Gasteiger charge is -2.43. The number of fused-ring (bicyclic) bond motifs is 1. The SMILES string of the molecule is Cc1ccc(C2(c3c[nH]c4c(C(=O)N5CCN(C)CC5)cccc34)CCC2)cc1. The third kappa shape index (κ3) is 2.98. The number of carbonyl (C=O) groups is 1. The summed E-state index contributed by atoms with van der Waals surface area (Å²) in [6, 6.07) is 15.2. The molecule has 1 aliphatic heterocycles. The molecule has 2 aromatic carbocycles. The Balaban J connectivity index is 1.55. The van der Waals surface area contributed by atoms with Crippen molar-refractivity contribution < 1.29 is 4.79 Å². The van der Waals surface area contributed by atoms with Gasteiger partial charge in [-0.25, -0.2) is 0 Å². The molecule has 150 valence electrons.